The van der Waals surface area contributed by atoms with Gasteiger partial charge in [0.1, 0.15) is 0 Å². The topological polar surface area (TPSA) is 57.6 Å². The van der Waals surface area contributed by atoms with Gasteiger partial charge < -0.3 is 10.0 Å². The van der Waals surface area contributed by atoms with E-state index in [1.807, 2.05) is 0 Å². The maximum absolute atomic E-state index is 12.3. The molecule has 6 heteroatoms. The molecule has 0 spiro atoms. The Bertz CT molecular complexity index is 521. The van der Waals surface area contributed by atoms with Crippen LogP contribution in [0, 0.1) is 5.92 Å². The molecule has 1 aromatic carbocycles. The van der Waals surface area contributed by atoms with Gasteiger partial charge in [-0.3, -0.25) is 9.59 Å². The number of hydrogen-bond donors (Lipinski definition) is 1. The van der Waals surface area contributed by atoms with Crippen LogP contribution < -0.4 is 0 Å². The molecule has 1 aliphatic heterocycles. The van der Waals surface area contributed by atoms with Gasteiger partial charge in [-0.25, -0.2) is 0 Å². The predicted octanol–water partition coefficient (Wildman–Crippen LogP) is 3.04. The first-order valence-corrected chi connectivity index (χ1v) is 7.10. The van der Waals surface area contributed by atoms with Crippen LogP contribution in [0.5, 0.6) is 0 Å². The number of likely N-dealkylation sites (tertiary alicyclic amines) is 1. The van der Waals surface area contributed by atoms with Crippen LogP contribution in [0.3, 0.4) is 0 Å². The van der Waals surface area contributed by atoms with Crippen molar-refractivity contribution in [1.29, 1.82) is 0 Å². The Labute approximate surface area is 124 Å². The van der Waals surface area contributed by atoms with Gasteiger partial charge >= 0.3 is 5.97 Å². The van der Waals surface area contributed by atoms with Gasteiger partial charge in [-0.1, -0.05) is 11.6 Å². The third-order valence-electron chi connectivity index (χ3n) is 3.20. The zero-order chi connectivity index (χ0) is 14.0. The quantitative estimate of drug-likeness (QED) is 0.915. The van der Waals surface area contributed by atoms with E-state index in [0.29, 0.717) is 28.1 Å². The van der Waals surface area contributed by atoms with E-state index >= 15 is 0 Å². The normalized spacial score (nSPS) is 18.6. The van der Waals surface area contributed by atoms with E-state index in [2.05, 4.69) is 15.9 Å². The monoisotopic (exact) mass is 345 g/mol. The molecule has 1 saturated heterocycles. The predicted molar refractivity (Wildman–Crippen MR) is 75.4 cm³/mol. The average Bonchev–Trinajstić information content (AvgIpc) is 2.79. The van der Waals surface area contributed by atoms with Crippen LogP contribution in [-0.4, -0.2) is 35.0 Å². The minimum atomic E-state index is -0.816. The summed E-state index contributed by atoms with van der Waals surface area (Å²) in [6.07, 6.45) is 0.844. The lowest BCUT2D eigenvalue weighted by atomic mass is 10.1. The van der Waals surface area contributed by atoms with E-state index in [9.17, 15) is 9.59 Å². The molecule has 1 aliphatic rings. The second-order valence-electron chi connectivity index (χ2n) is 4.63. The summed E-state index contributed by atoms with van der Waals surface area (Å²) in [5.74, 6) is -0.884. The van der Waals surface area contributed by atoms with Gasteiger partial charge in [0.15, 0.2) is 0 Å². The highest BCUT2D eigenvalue weighted by Crippen LogP contribution is 2.26. The van der Waals surface area contributed by atoms with E-state index in [1.54, 1.807) is 23.1 Å². The Morgan fingerprint density at radius 2 is 2.21 bits per heavy atom. The van der Waals surface area contributed by atoms with Crippen LogP contribution in [0.1, 0.15) is 23.2 Å². The van der Waals surface area contributed by atoms with Gasteiger partial charge in [-0.05, 0) is 46.5 Å². The number of halogens is 2. The van der Waals surface area contributed by atoms with Gasteiger partial charge in [0, 0.05) is 29.0 Å². The lowest BCUT2D eigenvalue weighted by molar-refractivity contribution is -0.138. The van der Waals surface area contributed by atoms with E-state index in [-0.39, 0.29) is 18.2 Å². The first kappa shape index (κ1) is 14.3. The molecule has 1 N–H and O–H groups in total. The van der Waals surface area contributed by atoms with Crippen molar-refractivity contribution in [3.63, 3.8) is 0 Å². The van der Waals surface area contributed by atoms with Crippen LogP contribution in [-0.2, 0) is 4.79 Å². The summed E-state index contributed by atoms with van der Waals surface area (Å²) in [5, 5.41) is 9.28. The van der Waals surface area contributed by atoms with E-state index in [4.69, 9.17) is 16.7 Å². The van der Waals surface area contributed by atoms with Gasteiger partial charge in [0.05, 0.1) is 5.56 Å². The van der Waals surface area contributed by atoms with Crippen LogP contribution >= 0.6 is 27.5 Å². The largest absolute Gasteiger partial charge is 0.481 e. The highest BCUT2D eigenvalue weighted by molar-refractivity contribution is 9.10. The molecule has 0 aliphatic carbocycles. The first-order chi connectivity index (χ1) is 8.97. The fourth-order valence-corrected chi connectivity index (χ4v) is 2.85. The second kappa shape index (κ2) is 5.92. The number of carboxylic acid groups (broad SMARTS) is 1. The second-order valence-corrected chi connectivity index (χ2v) is 5.92. The van der Waals surface area contributed by atoms with Crippen LogP contribution in [0.4, 0.5) is 0 Å². The molecule has 0 aromatic heterocycles. The zero-order valence-electron chi connectivity index (χ0n) is 10.1. The summed E-state index contributed by atoms with van der Waals surface area (Å²) in [5.41, 5.74) is 0.517. The number of carboxylic acids is 1. The summed E-state index contributed by atoms with van der Waals surface area (Å²) in [7, 11) is 0. The lowest BCUT2D eigenvalue weighted by Gasteiger charge is -2.17. The highest BCUT2D eigenvalue weighted by Gasteiger charge is 2.29. The summed E-state index contributed by atoms with van der Waals surface area (Å²) in [6, 6.07) is 5.07. The van der Waals surface area contributed by atoms with Crippen LogP contribution in [0.25, 0.3) is 0 Å². The maximum atomic E-state index is 12.3. The molecular formula is C13H13BrClNO3. The van der Waals surface area contributed by atoms with Gasteiger partial charge in [0.25, 0.3) is 5.91 Å². The molecule has 1 amide bonds. The van der Waals surface area contributed by atoms with Crippen molar-refractivity contribution in [3.8, 4) is 0 Å². The van der Waals surface area contributed by atoms with Crippen molar-refractivity contribution in [3.05, 3.63) is 33.3 Å². The summed E-state index contributed by atoms with van der Waals surface area (Å²) in [6.45, 7) is 1.08. The third kappa shape index (κ3) is 3.48. The van der Waals surface area contributed by atoms with Crippen molar-refractivity contribution in [1.82, 2.24) is 4.90 Å². The summed E-state index contributed by atoms with van der Waals surface area (Å²) in [4.78, 5) is 24.7. The number of carbonyl (C=O) groups is 2. The number of benzene rings is 1. The lowest BCUT2D eigenvalue weighted by Crippen LogP contribution is -2.29. The van der Waals surface area contributed by atoms with Gasteiger partial charge in [-0.15, -0.1) is 0 Å². The molecule has 1 heterocycles. The maximum Gasteiger partial charge on any atom is 0.303 e. The number of rotatable bonds is 3. The Morgan fingerprint density at radius 3 is 2.89 bits per heavy atom. The average molecular weight is 347 g/mol. The van der Waals surface area contributed by atoms with Crippen LogP contribution in [0.15, 0.2) is 22.7 Å². The zero-order valence-corrected chi connectivity index (χ0v) is 12.4. The SMILES string of the molecule is O=C(O)CC1CCN(C(=O)c2cc(Cl)ccc2Br)C1. The summed E-state index contributed by atoms with van der Waals surface area (Å²) < 4.78 is 0.698. The minimum Gasteiger partial charge on any atom is -0.481 e. The number of nitrogens with zero attached hydrogens (tertiary/aromatic N) is 1. The third-order valence-corrected chi connectivity index (χ3v) is 4.12. The fraction of sp³-hybridized carbons (Fsp3) is 0.385. The number of aliphatic carboxylic acids is 1. The van der Waals surface area contributed by atoms with Gasteiger partial charge in [-0.2, -0.15) is 0 Å². The van der Waals surface area contributed by atoms with Crippen molar-refractivity contribution in [2.75, 3.05) is 13.1 Å². The Balaban J connectivity index is 2.09. The van der Waals surface area contributed by atoms with E-state index < -0.39 is 5.97 Å². The standard InChI is InChI=1S/C13H13BrClNO3/c14-11-2-1-9(15)6-10(11)13(19)16-4-3-8(7-16)5-12(17)18/h1-2,6,8H,3-5,7H2,(H,17,18). The molecule has 0 radical (unpaired) electrons. The molecule has 4 nitrogen and oxygen atoms in total. The van der Waals surface area contributed by atoms with Gasteiger partial charge in [0.2, 0.25) is 0 Å². The fourth-order valence-electron chi connectivity index (χ4n) is 2.26. The van der Waals surface area contributed by atoms with Crippen LogP contribution in [0.2, 0.25) is 5.02 Å². The molecule has 1 aromatic rings. The van der Waals surface area contributed by atoms with Crippen molar-refractivity contribution in [2.24, 2.45) is 5.92 Å². The summed E-state index contributed by atoms with van der Waals surface area (Å²) >= 11 is 9.23. The Kier molecular flexibility index (Phi) is 4.47. The highest BCUT2D eigenvalue weighted by atomic mass is 79.9. The number of amides is 1. The van der Waals surface area contributed by atoms with Crippen molar-refractivity contribution >= 4 is 39.4 Å². The molecule has 1 atom stereocenters. The number of hydrogen-bond acceptors (Lipinski definition) is 2. The first-order valence-electron chi connectivity index (χ1n) is 5.93. The number of carbonyl (C=O) groups excluding carboxylic acids is 1. The van der Waals surface area contributed by atoms with Crippen molar-refractivity contribution < 1.29 is 14.7 Å². The molecule has 19 heavy (non-hydrogen) atoms. The molecule has 2 rings (SSSR count). The molecule has 0 saturated carbocycles. The Hall–Kier alpha value is -1.07. The van der Waals surface area contributed by atoms with E-state index in [1.165, 1.54) is 0 Å². The molecule has 1 unspecified atom stereocenters. The molecule has 102 valence electrons. The Morgan fingerprint density at radius 1 is 1.47 bits per heavy atom. The van der Waals surface area contributed by atoms with Crippen molar-refractivity contribution in [2.45, 2.75) is 12.8 Å². The molecule has 0 bridgehead atoms. The molecule has 1 fully saturated rings. The van der Waals surface area contributed by atoms with E-state index in [0.717, 1.165) is 6.42 Å². The smallest absolute Gasteiger partial charge is 0.303 e. The minimum absolute atomic E-state index is 0.0411. The molecular weight excluding hydrogens is 334 g/mol.